The number of carbonyl (C=O) groups is 1. The lowest BCUT2D eigenvalue weighted by Gasteiger charge is -2.44. The molecule has 1 aliphatic rings. The van der Waals surface area contributed by atoms with Crippen molar-refractivity contribution in [3.05, 3.63) is 28.5 Å². The molecule has 1 amide bonds. The topological polar surface area (TPSA) is 42.0 Å². The molecule has 0 fully saturated rings. The van der Waals surface area contributed by atoms with Gasteiger partial charge in [-0.1, -0.05) is 38.4 Å². The van der Waals surface area contributed by atoms with Gasteiger partial charge in [0.05, 0.1) is 16.6 Å². The van der Waals surface area contributed by atoms with Crippen molar-refractivity contribution >= 4 is 17.5 Å². The Hall–Kier alpha value is -1.09. The molecule has 0 saturated carbocycles. The molecule has 19 heavy (non-hydrogen) atoms. The van der Waals surface area contributed by atoms with Crippen LogP contribution >= 0.6 is 11.6 Å². The maximum absolute atomic E-state index is 12.6. The molecule has 104 valence electrons. The van der Waals surface area contributed by atoms with Crippen molar-refractivity contribution in [3.8, 4) is 0 Å². The van der Waals surface area contributed by atoms with Gasteiger partial charge in [0.15, 0.2) is 0 Å². The van der Waals surface area contributed by atoms with Crippen molar-refractivity contribution in [1.29, 1.82) is 0 Å². The minimum Gasteiger partial charge on any atom is -0.346 e. The summed E-state index contributed by atoms with van der Waals surface area (Å²) in [5.74, 6) is 0.0733. The molecular weight excluding hydrogens is 260 g/mol. The van der Waals surface area contributed by atoms with Crippen molar-refractivity contribution in [2.45, 2.75) is 57.9 Å². The smallest absolute Gasteiger partial charge is 0.232 e. The molecule has 0 spiro atoms. The number of amides is 1. The van der Waals surface area contributed by atoms with E-state index < -0.39 is 5.41 Å². The van der Waals surface area contributed by atoms with E-state index in [1.807, 2.05) is 26.0 Å². The van der Waals surface area contributed by atoms with E-state index >= 15 is 0 Å². The maximum Gasteiger partial charge on any atom is 0.232 e. The summed E-state index contributed by atoms with van der Waals surface area (Å²) in [4.78, 5) is 17.1. The number of rotatable bonds is 3. The van der Waals surface area contributed by atoms with Gasteiger partial charge in [0, 0.05) is 0 Å². The Labute approximate surface area is 119 Å². The number of fused-ring (bicyclic) bond motifs is 1. The first-order valence-corrected chi connectivity index (χ1v) is 7.31. The molecule has 0 saturated heterocycles. The first-order chi connectivity index (χ1) is 8.93. The number of nitrogens with one attached hydrogen (secondary N) is 1. The summed E-state index contributed by atoms with van der Waals surface area (Å²) in [6.07, 6.45) is 2.30. The number of halogens is 1. The zero-order valence-corrected chi connectivity index (χ0v) is 12.8. The van der Waals surface area contributed by atoms with E-state index in [-0.39, 0.29) is 11.4 Å². The van der Waals surface area contributed by atoms with Crippen LogP contribution in [0.3, 0.4) is 0 Å². The van der Waals surface area contributed by atoms with Gasteiger partial charge in [-0.25, -0.2) is 4.98 Å². The standard InChI is InChI=1S/C15H21ClN2O/c1-5-14(4)10-8-9-11(16)17-12(10)15(6-2,7-3)13(19)18-14/h8-9H,5-7H2,1-4H3,(H,18,19). The molecule has 0 aromatic carbocycles. The van der Waals surface area contributed by atoms with E-state index in [1.165, 1.54) is 0 Å². The molecule has 1 aliphatic heterocycles. The summed E-state index contributed by atoms with van der Waals surface area (Å²) in [6.45, 7) is 8.19. The summed E-state index contributed by atoms with van der Waals surface area (Å²) in [5, 5.41) is 3.65. The predicted octanol–water partition coefficient (Wildman–Crippen LogP) is 3.55. The molecule has 1 aromatic rings. The van der Waals surface area contributed by atoms with Gasteiger partial charge in [0.25, 0.3) is 0 Å². The summed E-state index contributed by atoms with van der Waals surface area (Å²) < 4.78 is 0. The van der Waals surface area contributed by atoms with Gasteiger partial charge in [-0.2, -0.15) is 0 Å². The Morgan fingerprint density at radius 2 is 1.84 bits per heavy atom. The third-order valence-electron chi connectivity index (χ3n) is 4.65. The van der Waals surface area contributed by atoms with Gasteiger partial charge in [-0.3, -0.25) is 4.79 Å². The van der Waals surface area contributed by atoms with Crippen molar-refractivity contribution in [1.82, 2.24) is 10.3 Å². The van der Waals surface area contributed by atoms with Crippen LogP contribution in [0.15, 0.2) is 12.1 Å². The highest BCUT2D eigenvalue weighted by Gasteiger charge is 2.49. The molecule has 0 radical (unpaired) electrons. The van der Waals surface area contributed by atoms with E-state index in [2.05, 4.69) is 24.1 Å². The van der Waals surface area contributed by atoms with Crippen molar-refractivity contribution in [2.75, 3.05) is 0 Å². The Balaban J connectivity index is 2.74. The second-order valence-corrected chi connectivity index (χ2v) is 5.85. The summed E-state index contributed by atoms with van der Waals surface area (Å²) in [7, 11) is 0. The van der Waals surface area contributed by atoms with E-state index in [0.717, 1.165) is 30.5 Å². The molecule has 0 aliphatic carbocycles. The van der Waals surface area contributed by atoms with E-state index in [4.69, 9.17) is 11.6 Å². The summed E-state index contributed by atoms with van der Waals surface area (Å²) >= 11 is 6.06. The summed E-state index contributed by atoms with van der Waals surface area (Å²) in [6, 6.07) is 3.82. The minimum atomic E-state index is -0.547. The van der Waals surface area contributed by atoms with Gasteiger partial charge in [0.2, 0.25) is 5.91 Å². The highest BCUT2D eigenvalue weighted by atomic mass is 35.5. The normalized spacial score (nSPS) is 24.8. The zero-order valence-electron chi connectivity index (χ0n) is 12.0. The Morgan fingerprint density at radius 3 is 2.37 bits per heavy atom. The average molecular weight is 281 g/mol. The van der Waals surface area contributed by atoms with Gasteiger partial charge in [0.1, 0.15) is 5.15 Å². The fourth-order valence-corrected chi connectivity index (χ4v) is 3.12. The van der Waals surface area contributed by atoms with Crippen LogP contribution in [-0.2, 0) is 15.7 Å². The van der Waals surface area contributed by atoms with Crippen LogP contribution in [0, 0.1) is 0 Å². The van der Waals surface area contributed by atoms with Crippen LogP contribution in [-0.4, -0.2) is 10.9 Å². The van der Waals surface area contributed by atoms with Crippen LogP contribution in [0.2, 0.25) is 5.15 Å². The van der Waals surface area contributed by atoms with Gasteiger partial charge < -0.3 is 5.32 Å². The SMILES string of the molecule is CCC1(C)NC(=O)C(CC)(CC)c2nc(Cl)ccc21. The van der Waals surface area contributed by atoms with Crippen LogP contribution in [0.25, 0.3) is 0 Å². The quantitative estimate of drug-likeness (QED) is 0.861. The van der Waals surface area contributed by atoms with Gasteiger partial charge in [-0.15, -0.1) is 0 Å². The Bertz CT molecular complexity index is 511. The Morgan fingerprint density at radius 1 is 1.21 bits per heavy atom. The molecule has 1 unspecified atom stereocenters. The minimum absolute atomic E-state index is 0.0733. The van der Waals surface area contributed by atoms with Gasteiger partial charge >= 0.3 is 0 Å². The highest BCUT2D eigenvalue weighted by molar-refractivity contribution is 6.29. The molecule has 4 heteroatoms. The second kappa shape index (κ2) is 4.78. The largest absolute Gasteiger partial charge is 0.346 e. The maximum atomic E-state index is 12.6. The van der Waals surface area contributed by atoms with Crippen LogP contribution < -0.4 is 5.32 Å². The number of hydrogen-bond acceptors (Lipinski definition) is 2. The number of pyridine rings is 1. The van der Waals surface area contributed by atoms with E-state index in [9.17, 15) is 4.79 Å². The predicted molar refractivity (Wildman–Crippen MR) is 77.3 cm³/mol. The first-order valence-electron chi connectivity index (χ1n) is 6.93. The molecule has 0 bridgehead atoms. The molecule has 1 aromatic heterocycles. The average Bonchev–Trinajstić information content (AvgIpc) is 2.40. The third-order valence-corrected chi connectivity index (χ3v) is 4.86. The van der Waals surface area contributed by atoms with E-state index in [0.29, 0.717) is 5.15 Å². The molecule has 3 nitrogen and oxygen atoms in total. The lowest BCUT2D eigenvalue weighted by Crippen LogP contribution is -2.58. The number of aromatic nitrogens is 1. The van der Waals surface area contributed by atoms with Crippen molar-refractivity contribution < 1.29 is 4.79 Å². The first kappa shape index (κ1) is 14.3. The van der Waals surface area contributed by atoms with E-state index in [1.54, 1.807) is 0 Å². The molecule has 1 atom stereocenters. The Kier molecular flexibility index (Phi) is 3.61. The van der Waals surface area contributed by atoms with Gasteiger partial charge in [-0.05, 0) is 37.8 Å². The second-order valence-electron chi connectivity index (χ2n) is 5.46. The molecule has 2 rings (SSSR count). The van der Waals surface area contributed by atoms with Crippen LogP contribution in [0.4, 0.5) is 0 Å². The lowest BCUT2D eigenvalue weighted by molar-refractivity contribution is -0.130. The summed E-state index contributed by atoms with van der Waals surface area (Å²) in [5.41, 5.74) is 1.06. The molecular formula is C15H21ClN2O. The fourth-order valence-electron chi connectivity index (χ4n) is 2.98. The van der Waals surface area contributed by atoms with Crippen LogP contribution in [0.5, 0.6) is 0 Å². The van der Waals surface area contributed by atoms with Crippen molar-refractivity contribution in [3.63, 3.8) is 0 Å². The fraction of sp³-hybridized carbons (Fsp3) is 0.600. The number of nitrogens with zero attached hydrogens (tertiary/aromatic N) is 1. The molecule has 1 N–H and O–H groups in total. The van der Waals surface area contributed by atoms with Crippen molar-refractivity contribution in [2.24, 2.45) is 0 Å². The number of carbonyl (C=O) groups excluding carboxylic acids is 1. The monoisotopic (exact) mass is 280 g/mol. The highest BCUT2D eigenvalue weighted by Crippen LogP contribution is 2.43. The molecule has 2 heterocycles. The van der Waals surface area contributed by atoms with Crippen LogP contribution in [0.1, 0.15) is 58.2 Å². The third kappa shape index (κ3) is 1.95. The zero-order chi connectivity index (χ0) is 14.3. The number of hydrogen-bond donors (Lipinski definition) is 1. The lowest BCUT2D eigenvalue weighted by atomic mass is 9.69.